The molecular formula is C24H21Cl2N2O5P. The quantitative estimate of drug-likeness (QED) is 0.294. The van der Waals surface area contributed by atoms with Gasteiger partial charge in [0.05, 0.1) is 50.8 Å². The highest BCUT2D eigenvalue weighted by atomic mass is 35.5. The van der Waals surface area contributed by atoms with E-state index in [-0.39, 0.29) is 28.8 Å². The molecule has 0 radical (unpaired) electrons. The topological polar surface area (TPSA) is 79.5 Å². The van der Waals surface area contributed by atoms with Crippen LogP contribution in [0.15, 0.2) is 71.5 Å². The molecule has 0 fully saturated rings. The number of fused-ring (bicyclic) bond motifs is 1. The Balaban J connectivity index is 1.88. The zero-order valence-electron chi connectivity index (χ0n) is 18.4. The van der Waals surface area contributed by atoms with Crippen LogP contribution in [0.2, 0.25) is 10.0 Å². The van der Waals surface area contributed by atoms with Gasteiger partial charge in [-0.2, -0.15) is 0 Å². The maximum absolute atomic E-state index is 13.5. The summed E-state index contributed by atoms with van der Waals surface area (Å²) in [5, 5.41) is 0.664. The number of halogens is 2. The summed E-state index contributed by atoms with van der Waals surface area (Å²) in [6, 6.07) is 18.0. The third-order valence-electron chi connectivity index (χ3n) is 5.15. The van der Waals surface area contributed by atoms with E-state index in [0.29, 0.717) is 22.0 Å². The van der Waals surface area contributed by atoms with Crippen LogP contribution in [0, 0.1) is 0 Å². The number of benzene rings is 3. The Morgan fingerprint density at radius 3 is 1.97 bits per heavy atom. The van der Waals surface area contributed by atoms with Crippen LogP contribution in [-0.2, 0) is 13.6 Å². The highest BCUT2D eigenvalue weighted by Crippen LogP contribution is 2.46. The summed E-state index contributed by atoms with van der Waals surface area (Å²) < 4.78 is 26.3. The number of hydrogen-bond donors (Lipinski definition) is 0. The number of nitrogens with zero attached hydrogens (tertiary/aromatic N) is 2. The summed E-state index contributed by atoms with van der Waals surface area (Å²) in [5.41, 5.74) is 0.830. The minimum Gasteiger partial charge on any atom is -0.305 e. The van der Waals surface area contributed by atoms with Gasteiger partial charge in [0.25, 0.3) is 5.91 Å². The summed E-state index contributed by atoms with van der Waals surface area (Å²) in [4.78, 5) is 26.9. The maximum atomic E-state index is 13.5. The second-order valence-electron chi connectivity index (χ2n) is 7.19. The molecule has 0 bridgehead atoms. The van der Waals surface area contributed by atoms with Crippen molar-refractivity contribution >= 4 is 53.0 Å². The van der Waals surface area contributed by atoms with Crippen LogP contribution in [0.25, 0.3) is 16.7 Å². The minimum atomic E-state index is -3.48. The summed E-state index contributed by atoms with van der Waals surface area (Å²) in [7, 11) is -3.48. The molecule has 0 amide bonds. The molecule has 0 unspecified atom stereocenters. The van der Waals surface area contributed by atoms with Gasteiger partial charge in [-0.3, -0.25) is 13.9 Å². The average Bonchev–Trinajstić information content (AvgIpc) is 3.11. The molecule has 3 aromatic carbocycles. The summed E-state index contributed by atoms with van der Waals surface area (Å²) >= 11 is 12.5. The van der Waals surface area contributed by atoms with Crippen molar-refractivity contribution in [3.8, 4) is 5.69 Å². The van der Waals surface area contributed by atoms with Crippen molar-refractivity contribution in [1.29, 1.82) is 0 Å². The van der Waals surface area contributed by atoms with Crippen molar-refractivity contribution in [2.75, 3.05) is 13.2 Å². The Labute approximate surface area is 206 Å². The number of imidazole rings is 1. The molecule has 4 rings (SSSR count). The fraction of sp³-hybridized carbons (Fsp3) is 0.167. The van der Waals surface area contributed by atoms with Crippen LogP contribution in [-0.4, -0.2) is 28.3 Å². The largest absolute Gasteiger partial charge is 0.361 e. The molecule has 176 valence electrons. The van der Waals surface area contributed by atoms with Crippen LogP contribution in [0.1, 0.15) is 24.2 Å². The molecule has 0 saturated heterocycles. The van der Waals surface area contributed by atoms with Crippen molar-refractivity contribution in [2.45, 2.75) is 13.8 Å². The highest BCUT2D eigenvalue weighted by molar-refractivity contribution is 7.62. The van der Waals surface area contributed by atoms with E-state index in [4.69, 9.17) is 32.2 Å². The molecule has 7 nitrogen and oxygen atoms in total. The standard InChI is InChI=1S/C24H21Cl2N2O5P/c1-3-32-34(31,33-4-2)17-14-12-16(13-15-17)27-20-10-5-6-11-21(20)28(24(27)30)23(29)22-18(25)8-7-9-19(22)26/h5-15H,3-4H2,1-2H3. The monoisotopic (exact) mass is 518 g/mol. The van der Waals surface area contributed by atoms with Gasteiger partial charge in [0.1, 0.15) is 0 Å². The van der Waals surface area contributed by atoms with E-state index in [2.05, 4.69) is 0 Å². The first-order chi connectivity index (χ1) is 16.3. The van der Waals surface area contributed by atoms with Gasteiger partial charge in [0.15, 0.2) is 0 Å². The molecule has 10 heteroatoms. The Bertz CT molecular complexity index is 1450. The van der Waals surface area contributed by atoms with Gasteiger partial charge in [-0.15, -0.1) is 0 Å². The Kier molecular flexibility index (Phi) is 7.12. The van der Waals surface area contributed by atoms with E-state index in [1.54, 1.807) is 80.6 Å². The summed E-state index contributed by atoms with van der Waals surface area (Å²) in [6.45, 7) is 3.91. The molecule has 0 atom stereocenters. The van der Waals surface area contributed by atoms with Crippen LogP contribution in [0.5, 0.6) is 0 Å². The third kappa shape index (κ3) is 4.26. The van der Waals surface area contributed by atoms with Crippen molar-refractivity contribution in [3.05, 3.63) is 92.8 Å². The molecule has 0 aliphatic rings. The lowest BCUT2D eigenvalue weighted by molar-refractivity contribution is 0.0960. The first kappa shape index (κ1) is 24.5. The summed E-state index contributed by atoms with van der Waals surface area (Å²) in [5.74, 6) is -0.635. The van der Waals surface area contributed by atoms with Gasteiger partial charge in [-0.1, -0.05) is 41.4 Å². The zero-order chi connectivity index (χ0) is 24.5. The molecule has 34 heavy (non-hydrogen) atoms. The van der Waals surface area contributed by atoms with E-state index >= 15 is 0 Å². The first-order valence-electron chi connectivity index (χ1n) is 10.5. The van der Waals surface area contributed by atoms with Crippen molar-refractivity contribution < 1.29 is 18.4 Å². The molecule has 0 aliphatic carbocycles. The van der Waals surface area contributed by atoms with Gasteiger partial charge in [-0.05, 0) is 62.4 Å². The number of hydrogen-bond acceptors (Lipinski definition) is 5. The van der Waals surface area contributed by atoms with Crippen LogP contribution in [0.3, 0.4) is 0 Å². The van der Waals surface area contributed by atoms with Gasteiger partial charge < -0.3 is 9.05 Å². The van der Waals surface area contributed by atoms with E-state index in [9.17, 15) is 14.2 Å². The zero-order valence-corrected chi connectivity index (χ0v) is 20.8. The average molecular weight is 519 g/mol. The first-order valence-corrected chi connectivity index (χ1v) is 12.8. The van der Waals surface area contributed by atoms with Crippen molar-refractivity contribution in [2.24, 2.45) is 0 Å². The van der Waals surface area contributed by atoms with Crippen LogP contribution in [0.4, 0.5) is 0 Å². The lowest BCUT2D eigenvalue weighted by atomic mass is 10.2. The maximum Gasteiger partial charge on any atom is 0.361 e. The SMILES string of the molecule is CCOP(=O)(OCC)c1ccc(-n2c(=O)n(C(=O)c3c(Cl)cccc3Cl)c3ccccc32)cc1. The van der Waals surface area contributed by atoms with Crippen LogP contribution < -0.4 is 11.0 Å². The second kappa shape index (κ2) is 9.90. The molecule has 1 heterocycles. The minimum absolute atomic E-state index is 0.0422. The van der Waals surface area contributed by atoms with Crippen molar-refractivity contribution in [1.82, 2.24) is 9.13 Å². The highest BCUT2D eigenvalue weighted by Gasteiger charge is 2.27. The van der Waals surface area contributed by atoms with Gasteiger partial charge >= 0.3 is 13.3 Å². The van der Waals surface area contributed by atoms with E-state index < -0.39 is 19.2 Å². The number of rotatable bonds is 7. The van der Waals surface area contributed by atoms with Gasteiger partial charge in [0, 0.05) is 0 Å². The summed E-state index contributed by atoms with van der Waals surface area (Å²) in [6.07, 6.45) is 0. The molecule has 0 N–H and O–H groups in total. The van der Waals surface area contributed by atoms with Gasteiger partial charge in [-0.25, -0.2) is 9.36 Å². The van der Waals surface area contributed by atoms with Crippen molar-refractivity contribution in [3.63, 3.8) is 0 Å². The number of aromatic nitrogens is 2. The molecule has 0 aliphatic heterocycles. The second-order valence-corrected chi connectivity index (χ2v) is 10.0. The number of carbonyl (C=O) groups is 1. The fourth-order valence-electron chi connectivity index (χ4n) is 3.72. The molecule has 0 saturated carbocycles. The van der Waals surface area contributed by atoms with E-state index in [0.717, 1.165) is 4.57 Å². The number of para-hydroxylation sites is 2. The Morgan fingerprint density at radius 2 is 1.41 bits per heavy atom. The van der Waals surface area contributed by atoms with E-state index in [1.807, 2.05) is 0 Å². The normalized spacial score (nSPS) is 11.8. The van der Waals surface area contributed by atoms with E-state index in [1.165, 1.54) is 4.57 Å². The molecule has 0 spiro atoms. The Morgan fingerprint density at radius 1 is 0.853 bits per heavy atom. The Hall–Kier alpha value is -2.67. The lowest BCUT2D eigenvalue weighted by Crippen LogP contribution is -2.29. The molecule has 1 aromatic heterocycles. The van der Waals surface area contributed by atoms with Gasteiger partial charge in [0.2, 0.25) is 0 Å². The predicted octanol–water partition coefficient (Wildman–Crippen LogP) is 5.68. The lowest BCUT2D eigenvalue weighted by Gasteiger charge is -2.17. The predicted molar refractivity (Wildman–Crippen MR) is 134 cm³/mol. The smallest absolute Gasteiger partial charge is 0.305 e. The molecular weight excluding hydrogens is 498 g/mol. The number of carbonyl (C=O) groups excluding carboxylic acids is 1. The fourth-order valence-corrected chi connectivity index (χ4v) is 5.84. The third-order valence-corrected chi connectivity index (χ3v) is 7.90. The molecule has 4 aromatic rings. The van der Waals surface area contributed by atoms with Crippen LogP contribution >= 0.6 is 30.8 Å².